The van der Waals surface area contributed by atoms with Crippen molar-refractivity contribution < 1.29 is 9.21 Å². The topological polar surface area (TPSA) is 64.2 Å². The van der Waals surface area contributed by atoms with Gasteiger partial charge in [-0.2, -0.15) is 0 Å². The van der Waals surface area contributed by atoms with Crippen molar-refractivity contribution in [3.05, 3.63) is 34.5 Å². The van der Waals surface area contributed by atoms with Crippen LogP contribution in [0.15, 0.2) is 10.6 Å². The van der Waals surface area contributed by atoms with E-state index in [4.69, 9.17) is 16.0 Å². The molecule has 0 atom stereocenters. The fraction of sp³-hybridized carbons (Fsp3) is 0.500. The Morgan fingerprint density at radius 1 is 1.43 bits per heavy atom. The molecule has 1 amide bonds. The van der Waals surface area contributed by atoms with E-state index in [2.05, 4.69) is 9.97 Å². The van der Waals surface area contributed by atoms with Crippen LogP contribution in [0, 0.1) is 6.92 Å². The van der Waals surface area contributed by atoms with E-state index in [1.807, 2.05) is 18.4 Å². The van der Waals surface area contributed by atoms with Crippen molar-refractivity contribution >= 4 is 17.5 Å². The van der Waals surface area contributed by atoms with Gasteiger partial charge in [-0.1, -0.05) is 25.4 Å². The van der Waals surface area contributed by atoms with E-state index in [0.29, 0.717) is 42.1 Å². The molecule has 112 valence electrons. The summed E-state index contributed by atoms with van der Waals surface area (Å²) in [6.07, 6.45) is 1.61. The van der Waals surface area contributed by atoms with E-state index in [1.165, 1.54) is 0 Å². The average Bonchev–Trinajstić information content (AvgIpc) is 3.02. The Morgan fingerprint density at radius 3 is 2.86 bits per heavy atom. The Hall–Kier alpha value is -1.82. The maximum Gasteiger partial charge on any atom is 0.292 e. The van der Waals surface area contributed by atoms with E-state index in [9.17, 15) is 4.79 Å². The van der Waals surface area contributed by atoms with Crippen LogP contribution in [-0.4, -0.2) is 31.9 Å². The number of imidazole rings is 1. The minimum absolute atomic E-state index is 0.141. The number of halogens is 1. The van der Waals surface area contributed by atoms with Gasteiger partial charge in [0.25, 0.3) is 5.91 Å². The number of carbonyl (C=O) groups excluding carboxylic acids is 1. The molecule has 0 saturated heterocycles. The lowest BCUT2D eigenvalue weighted by atomic mass is 10.2. The van der Waals surface area contributed by atoms with Crippen molar-refractivity contribution in [3.8, 4) is 0 Å². The fourth-order valence-electron chi connectivity index (χ4n) is 2.40. The van der Waals surface area contributed by atoms with Crippen LogP contribution in [0.3, 0.4) is 0 Å². The van der Waals surface area contributed by atoms with E-state index in [1.54, 1.807) is 18.0 Å². The SMILES string of the molecule is Cc1nc(C(C)C)oc1C(=O)N1CCn2c(Cl)cnc2C1. The summed E-state index contributed by atoms with van der Waals surface area (Å²) in [6, 6.07) is 0. The van der Waals surface area contributed by atoms with Crippen molar-refractivity contribution in [3.63, 3.8) is 0 Å². The summed E-state index contributed by atoms with van der Waals surface area (Å²) in [5.74, 6) is 1.73. The largest absolute Gasteiger partial charge is 0.435 e. The van der Waals surface area contributed by atoms with Crippen molar-refractivity contribution in [2.75, 3.05) is 6.54 Å². The monoisotopic (exact) mass is 308 g/mol. The smallest absolute Gasteiger partial charge is 0.292 e. The van der Waals surface area contributed by atoms with E-state index < -0.39 is 0 Å². The molecule has 0 fully saturated rings. The van der Waals surface area contributed by atoms with E-state index in [0.717, 1.165) is 5.82 Å². The minimum atomic E-state index is -0.141. The molecule has 3 rings (SSSR count). The first-order chi connectivity index (χ1) is 9.97. The summed E-state index contributed by atoms with van der Waals surface area (Å²) in [4.78, 5) is 22.9. The van der Waals surface area contributed by atoms with Crippen LogP contribution in [0.4, 0.5) is 0 Å². The van der Waals surface area contributed by atoms with Crippen LogP contribution in [0.25, 0.3) is 0 Å². The second kappa shape index (κ2) is 5.18. The highest BCUT2D eigenvalue weighted by atomic mass is 35.5. The van der Waals surface area contributed by atoms with Gasteiger partial charge in [-0.15, -0.1) is 0 Å². The van der Waals surface area contributed by atoms with E-state index in [-0.39, 0.29) is 11.8 Å². The molecule has 2 aromatic rings. The molecule has 6 nitrogen and oxygen atoms in total. The van der Waals surface area contributed by atoms with Gasteiger partial charge in [0.15, 0.2) is 5.89 Å². The number of oxazole rings is 1. The molecule has 0 bridgehead atoms. The molecule has 0 aliphatic carbocycles. The Kier molecular flexibility index (Phi) is 3.49. The normalized spacial score (nSPS) is 14.6. The molecule has 21 heavy (non-hydrogen) atoms. The minimum Gasteiger partial charge on any atom is -0.435 e. The first-order valence-corrected chi connectivity index (χ1v) is 7.31. The van der Waals surface area contributed by atoms with Crippen molar-refractivity contribution in [1.29, 1.82) is 0 Å². The third kappa shape index (κ3) is 2.44. The first kappa shape index (κ1) is 14.1. The van der Waals surface area contributed by atoms with E-state index >= 15 is 0 Å². The third-order valence-corrected chi connectivity index (χ3v) is 3.91. The Balaban J connectivity index is 1.83. The number of rotatable bonds is 2. The zero-order valence-corrected chi connectivity index (χ0v) is 13.0. The highest BCUT2D eigenvalue weighted by Gasteiger charge is 2.28. The molecule has 1 aliphatic heterocycles. The maximum atomic E-state index is 12.6. The summed E-state index contributed by atoms with van der Waals surface area (Å²) in [7, 11) is 0. The lowest BCUT2D eigenvalue weighted by Gasteiger charge is -2.27. The summed E-state index contributed by atoms with van der Waals surface area (Å²) in [5, 5.41) is 0.607. The van der Waals surface area contributed by atoms with Crippen LogP contribution in [0.1, 0.15) is 47.7 Å². The highest BCUT2D eigenvalue weighted by Crippen LogP contribution is 2.22. The zero-order chi connectivity index (χ0) is 15.1. The van der Waals surface area contributed by atoms with Gasteiger partial charge in [-0.25, -0.2) is 9.97 Å². The number of amides is 1. The molecule has 0 N–H and O–H groups in total. The molecule has 0 spiro atoms. The van der Waals surface area contributed by atoms with Gasteiger partial charge in [0.05, 0.1) is 18.4 Å². The van der Waals surface area contributed by atoms with Crippen molar-refractivity contribution in [1.82, 2.24) is 19.4 Å². The van der Waals surface area contributed by atoms with Crippen LogP contribution in [-0.2, 0) is 13.1 Å². The van der Waals surface area contributed by atoms with Crippen LogP contribution in [0.2, 0.25) is 5.15 Å². The van der Waals surface area contributed by atoms with Gasteiger partial charge >= 0.3 is 0 Å². The predicted octanol–water partition coefficient (Wildman–Crippen LogP) is 2.61. The average molecular weight is 309 g/mol. The van der Waals surface area contributed by atoms with Gasteiger partial charge in [0, 0.05) is 19.0 Å². The van der Waals surface area contributed by atoms with Gasteiger partial charge < -0.3 is 13.9 Å². The molecule has 0 aromatic carbocycles. The van der Waals surface area contributed by atoms with Crippen molar-refractivity contribution in [2.24, 2.45) is 0 Å². The van der Waals surface area contributed by atoms with Crippen molar-refractivity contribution in [2.45, 2.75) is 39.8 Å². The molecule has 0 saturated carbocycles. The van der Waals surface area contributed by atoms with Crippen LogP contribution >= 0.6 is 11.6 Å². The summed E-state index contributed by atoms with van der Waals surface area (Å²) in [5.41, 5.74) is 0.635. The number of fused-ring (bicyclic) bond motifs is 1. The highest BCUT2D eigenvalue weighted by molar-refractivity contribution is 6.29. The fourth-order valence-corrected chi connectivity index (χ4v) is 2.63. The second-order valence-electron chi connectivity index (χ2n) is 5.50. The molecule has 7 heteroatoms. The Morgan fingerprint density at radius 2 is 2.19 bits per heavy atom. The summed E-state index contributed by atoms with van der Waals surface area (Å²) < 4.78 is 7.54. The Labute approximate surface area is 127 Å². The zero-order valence-electron chi connectivity index (χ0n) is 12.3. The summed E-state index contributed by atoms with van der Waals surface area (Å²) >= 11 is 6.03. The molecule has 0 unspecified atom stereocenters. The van der Waals surface area contributed by atoms with Crippen LogP contribution in [0.5, 0.6) is 0 Å². The Bertz CT molecular complexity index is 689. The molecule has 2 aromatic heterocycles. The number of aryl methyl sites for hydroxylation is 1. The first-order valence-electron chi connectivity index (χ1n) is 6.94. The summed E-state index contributed by atoms with van der Waals surface area (Å²) in [6.45, 7) is 7.43. The lowest BCUT2D eigenvalue weighted by molar-refractivity contribution is 0.0672. The number of nitrogens with zero attached hydrogens (tertiary/aromatic N) is 4. The maximum absolute atomic E-state index is 12.6. The number of hydrogen-bond donors (Lipinski definition) is 0. The number of aromatic nitrogens is 3. The predicted molar refractivity (Wildman–Crippen MR) is 77.3 cm³/mol. The third-order valence-electron chi connectivity index (χ3n) is 3.60. The number of carbonyl (C=O) groups is 1. The quantitative estimate of drug-likeness (QED) is 0.855. The van der Waals surface area contributed by atoms with Gasteiger partial charge in [0.1, 0.15) is 11.0 Å². The number of hydrogen-bond acceptors (Lipinski definition) is 4. The molecular formula is C14H17ClN4O2. The molecular weight excluding hydrogens is 292 g/mol. The molecule has 0 radical (unpaired) electrons. The van der Waals surface area contributed by atoms with Crippen LogP contribution < -0.4 is 0 Å². The van der Waals surface area contributed by atoms with Gasteiger partial charge in [0.2, 0.25) is 5.76 Å². The lowest BCUT2D eigenvalue weighted by Crippen LogP contribution is -2.38. The second-order valence-corrected chi connectivity index (χ2v) is 5.88. The molecule has 3 heterocycles. The molecule has 1 aliphatic rings. The standard InChI is InChI=1S/C14H17ClN4O2/c1-8(2)13-17-9(3)12(21-13)14(20)18-4-5-19-10(15)6-16-11(19)7-18/h6,8H,4-5,7H2,1-3H3. The van der Waals surface area contributed by atoms with Gasteiger partial charge in [-0.3, -0.25) is 4.79 Å². The van der Waals surface area contributed by atoms with Gasteiger partial charge in [-0.05, 0) is 6.92 Å².